The molecule has 116 valence electrons. The Morgan fingerprint density at radius 3 is 2.83 bits per heavy atom. The molecule has 2 aromatic carbocycles. The van der Waals surface area contributed by atoms with Crippen LogP contribution in [0.3, 0.4) is 0 Å². The Kier molecular flexibility index (Phi) is 3.87. The summed E-state index contributed by atoms with van der Waals surface area (Å²) >= 11 is 5.20. The molecular formula is C17H14BrN3OS. The van der Waals surface area contributed by atoms with Gasteiger partial charge in [-0.1, -0.05) is 28.1 Å². The van der Waals surface area contributed by atoms with E-state index in [-0.39, 0.29) is 11.6 Å². The Hall–Kier alpha value is -1.79. The highest BCUT2D eigenvalue weighted by Gasteiger charge is 2.25. The van der Waals surface area contributed by atoms with Crippen molar-refractivity contribution in [2.45, 2.75) is 10.9 Å². The van der Waals surface area contributed by atoms with Crippen LogP contribution in [-0.2, 0) is 0 Å². The van der Waals surface area contributed by atoms with E-state index < -0.39 is 0 Å². The summed E-state index contributed by atoms with van der Waals surface area (Å²) in [5.41, 5.74) is 0.787. The third kappa shape index (κ3) is 2.77. The number of rotatable bonds is 3. The zero-order valence-corrected chi connectivity index (χ0v) is 14.6. The Morgan fingerprint density at radius 1 is 1.22 bits per heavy atom. The predicted octanol–water partition coefficient (Wildman–Crippen LogP) is 3.92. The minimum absolute atomic E-state index is 0.0389. The highest BCUT2D eigenvalue weighted by Crippen LogP contribution is 2.28. The highest BCUT2D eigenvalue weighted by atomic mass is 79.9. The van der Waals surface area contributed by atoms with Crippen LogP contribution in [0.5, 0.6) is 0 Å². The van der Waals surface area contributed by atoms with Gasteiger partial charge in [0.1, 0.15) is 0 Å². The number of fused-ring (bicyclic) bond motifs is 2. The van der Waals surface area contributed by atoms with Crippen molar-refractivity contribution < 1.29 is 0 Å². The first kappa shape index (κ1) is 14.8. The monoisotopic (exact) mass is 387 g/mol. The van der Waals surface area contributed by atoms with Crippen LogP contribution >= 0.6 is 27.7 Å². The summed E-state index contributed by atoms with van der Waals surface area (Å²) in [6.45, 7) is 0.738. The second kappa shape index (κ2) is 6.02. The van der Waals surface area contributed by atoms with Crippen LogP contribution in [0.2, 0.25) is 0 Å². The largest absolute Gasteiger partial charge is 0.353 e. The molecule has 1 aromatic heterocycles. The lowest BCUT2D eigenvalue weighted by Gasteiger charge is -2.13. The zero-order chi connectivity index (χ0) is 15.8. The van der Waals surface area contributed by atoms with Gasteiger partial charge in [-0.05, 0) is 36.4 Å². The molecule has 0 saturated heterocycles. The van der Waals surface area contributed by atoms with E-state index >= 15 is 0 Å². The van der Waals surface area contributed by atoms with Crippen LogP contribution in [0.4, 0.5) is 5.95 Å². The van der Waals surface area contributed by atoms with Crippen LogP contribution in [0.25, 0.3) is 10.9 Å². The molecule has 0 amide bonds. The average molecular weight is 388 g/mol. The van der Waals surface area contributed by atoms with Gasteiger partial charge in [-0.25, -0.2) is 4.98 Å². The smallest absolute Gasteiger partial charge is 0.263 e. The third-order valence-corrected chi connectivity index (χ3v) is 5.61. The summed E-state index contributed by atoms with van der Waals surface area (Å²) in [5, 5.41) is 3.94. The van der Waals surface area contributed by atoms with Crippen LogP contribution in [0, 0.1) is 0 Å². The molecule has 1 N–H and O–H groups in total. The van der Waals surface area contributed by atoms with E-state index in [0.29, 0.717) is 11.3 Å². The Balaban J connectivity index is 1.63. The van der Waals surface area contributed by atoms with Crippen molar-refractivity contribution in [1.29, 1.82) is 0 Å². The Morgan fingerprint density at radius 2 is 2.00 bits per heavy atom. The van der Waals surface area contributed by atoms with Crippen LogP contribution in [0.1, 0.15) is 6.04 Å². The minimum atomic E-state index is 0.0389. The van der Waals surface area contributed by atoms with Crippen molar-refractivity contribution >= 4 is 44.5 Å². The summed E-state index contributed by atoms with van der Waals surface area (Å²) < 4.78 is 2.87. The zero-order valence-electron chi connectivity index (χ0n) is 12.2. The minimum Gasteiger partial charge on any atom is -0.353 e. The van der Waals surface area contributed by atoms with Gasteiger partial charge in [0.2, 0.25) is 5.95 Å². The molecule has 0 spiro atoms. The first-order valence-corrected chi connectivity index (χ1v) is 9.14. The van der Waals surface area contributed by atoms with Crippen molar-refractivity contribution in [3.63, 3.8) is 0 Å². The van der Waals surface area contributed by atoms with Gasteiger partial charge in [0, 0.05) is 21.7 Å². The van der Waals surface area contributed by atoms with Gasteiger partial charge < -0.3 is 5.32 Å². The summed E-state index contributed by atoms with van der Waals surface area (Å²) in [6.07, 6.45) is 0. The maximum Gasteiger partial charge on any atom is 0.263 e. The van der Waals surface area contributed by atoms with Crippen molar-refractivity contribution in [1.82, 2.24) is 9.55 Å². The van der Waals surface area contributed by atoms with Crippen LogP contribution < -0.4 is 10.9 Å². The fourth-order valence-corrected chi connectivity index (χ4v) is 4.01. The SMILES string of the molecule is O=c1c2ccccc2nc2n1[C@@H](CSc1ccc(Br)cc1)CN2. The van der Waals surface area contributed by atoms with Crippen molar-refractivity contribution in [2.75, 3.05) is 17.6 Å². The maximum atomic E-state index is 12.8. The second-order valence-corrected chi connectivity index (χ2v) is 7.44. The molecule has 1 atom stereocenters. The van der Waals surface area contributed by atoms with Gasteiger partial charge in [-0.15, -0.1) is 11.8 Å². The summed E-state index contributed by atoms with van der Waals surface area (Å²) in [5.74, 6) is 1.51. The standard InChI is InChI=1S/C17H14BrN3OS/c18-11-5-7-13(8-6-11)23-10-12-9-19-17-20-15-4-2-1-3-14(15)16(22)21(12)17/h1-8,12H,9-10H2,(H,19,20)/t12-/m1/s1. The number of thioether (sulfide) groups is 1. The molecule has 3 aromatic rings. The second-order valence-electron chi connectivity index (χ2n) is 5.43. The number of nitrogens with zero attached hydrogens (tertiary/aromatic N) is 2. The molecule has 2 heterocycles. The number of hydrogen-bond donors (Lipinski definition) is 1. The van der Waals surface area contributed by atoms with E-state index in [1.165, 1.54) is 4.90 Å². The van der Waals surface area contributed by atoms with Gasteiger partial charge in [-0.2, -0.15) is 0 Å². The lowest BCUT2D eigenvalue weighted by molar-refractivity contribution is 0.619. The quantitative estimate of drug-likeness (QED) is 0.691. The topological polar surface area (TPSA) is 46.9 Å². The van der Waals surface area contributed by atoms with Gasteiger partial charge in [0.15, 0.2) is 0 Å². The van der Waals surface area contributed by atoms with Crippen molar-refractivity contribution in [2.24, 2.45) is 0 Å². The van der Waals surface area contributed by atoms with Crippen LogP contribution in [-0.4, -0.2) is 21.8 Å². The van der Waals surface area contributed by atoms with Crippen LogP contribution in [0.15, 0.2) is 62.7 Å². The molecule has 0 fully saturated rings. The van der Waals surface area contributed by atoms with Gasteiger partial charge in [-0.3, -0.25) is 9.36 Å². The average Bonchev–Trinajstić information content (AvgIpc) is 2.98. The molecule has 0 aliphatic carbocycles. The third-order valence-electron chi connectivity index (χ3n) is 3.92. The van der Waals surface area contributed by atoms with Crippen molar-refractivity contribution in [3.05, 3.63) is 63.4 Å². The fourth-order valence-electron chi connectivity index (χ4n) is 2.77. The van der Waals surface area contributed by atoms with Gasteiger partial charge in [0.25, 0.3) is 5.56 Å². The molecule has 0 bridgehead atoms. The molecule has 0 radical (unpaired) electrons. The summed E-state index contributed by atoms with van der Waals surface area (Å²) in [7, 11) is 0. The first-order chi connectivity index (χ1) is 11.2. The molecule has 23 heavy (non-hydrogen) atoms. The summed E-state index contributed by atoms with van der Waals surface area (Å²) in [4.78, 5) is 18.5. The van der Waals surface area contributed by atoms with Gasteiger partial charge in [0.05, 0.1) is 16.9 Å². The molecular weight excluding hydrogens is 374 g/mol. The molecule has 1 aliphatic rings. The lowest BCUT2D eigenvalue weighted by Crippen LogP contribution is -2.24. The van der Waals surface area contributed by atoms with E-state index in [4.69, 9.17) is 0 Å². The van der Waals surface area contributed by atoms with Crippen molar-refractivity contribution in [3.8, 4) is 0 Å². The van der Waals surface area contributed by atoms with E-state index in [1.54, 1.807) is 16.3 Å². The van der Waals surface area contributed by atoms with E-state index in [0.717, 1.165) is 22.3 Å². The Bertz CT molecular complexity index is 923. The maximum absolute atomic E-state index is 12.8. The number of benzene rings is 2. The summed E-state index contributed by atoms with van der Waals surface area (Å²) in [6, 6.07) is 15.9. The Labute approximate surface area is 146 Å². The highest BCUT2D eigenvalue weighted by molar-refractivity contribution is 9.10. The molecule has 0 unspecified atom stereocenters. The molecule has 6 heteroatoms. The number of hydrogen-bond acceptors (Lipinski definition) is 4. The number of anilines is 1. The number of nitrogens with one attached hydrogen (secondary N) is 1. The predicted molar refractivity (Wildman–Crippen MR) is 98.4 cm³/mol. The normalized spacial score (nSPS) is 16.3. The molecule has 0 saturated carbocycles. The molecule has 1 aliphatic heterocycles. The number of aromatic nitrogens is 2. The number of para-hydroxylation sites is 1. The molecule has 4 rings (SSSR count). The number of halogens is 1. The first-order valence-electron chi connectivity index (χ1n) is 7.36. The van der Waals surface area contributed by atoms with Gasteiger partial charge >= 0.3 is 0 Å². The van der Waals surface area contributed by atoms with E-state index in [1.807, 2.05) is 36.4 Å². The fraction of sp³-hybridized carbons (Fsp3) is 0.176. The lowest BCUT2D eigenvalue weighted by atomic mass is 10.2. The van der Waals surface area contributed by atoms with E-state index in [2.05, 4.69) is 38.4 Å². The molecule has 4 nitrogen and oxygen atoms in total. The van der Waals surface area contributed by atoms with E-state index in [9.17, 15) is 4.79 Å².